The van der Waals surface area contributed by atoms with Gasteiger partial charge in [-0.2, -0.15) is 0 Å². The summed E-state index contributed by atoms with van der Waals surface area (Å²) in [6.07, 6.45) is 0. The molecule has 0 bridgehead atoms. The highest BCUT2D eigenvalue weighted by atomic mass is 31.2. The lowest BCUT2D eigenvalue weighted by Crippen LogP contribution is -2.08. The summed E-state index contributed by atoms with van der Waals surface area (Å²) in [5.74, 6) is 0. The monoisotopic (exact) mass is 169 g/mol. The van der Waals surface area contributed by atoms with Gasteiger partial charge in [0, 0.05) is 6.92 Å². The Labute approximate surface area is 55.3 Å². The van der Waals surface area contributed by atoms with Gasteiger partial charge in [0.05, 0.1) is 7.11 Å². The fourth-order valence-electron chi connectivity index (χ4n) is 0.206. The smallest absolute Gasteiger partial charge is 0.337 e. The van der Waals surface area contributed by atoms with E-state index in [1.54, 1.807) is 0 Å². The molecular weight excluding hydrogens is 162 g/mol. The molecule has 6 heteroatoms. The molecule has 0 saturated carbocycles. The Morgan fingerprint density at radius 3 is 2.33 bits per heavy atom. The van der Waals surface area contributed by atoms with E-state index in [1.807, 2.05) is 0 Å². The second-order valence-electron chi connectivity index (χ2n) is 1.50. The molecule has 9 heavy (non-hydrogen) atoms. The Morgan fingerprint density at radius 2 is 2.22 bits per heavy atom. The molecule has 0 saturated heterocycles. The van der Waals surface area contributed by atoms with Crippen LogP contribution in [0.25, 0.3) is 0 Å². The lowest BCUT2D eigenvalue weighted by atomic mass is 10.9. The molecule has 2 atom stereocenters. The first-order valence-electron chi connectivity index (χ1n) is 2.13. The SMILES string of the molecule is CO[P+](=O)C(C)(O)P=O. The van der Waals surface area contributed by atoms with Crippen molar-refractivity contribution in [3.8, 4) is 0 Å². The number of aliphatic hydroxyl groups is 1. The summed E-state index contributed by atoms with van der Waals surface area (Å²) in [4.78, 5) is 0. The minimum atomic E-state index is -2.24. The average molecular weight is 169 g/mol. The first-order valence-corrected chi connectivity index (χ1v) is 4.12. The molecule has 0 aliphatic carbocycles. The number of hydrogen-bond donors (Lipinski definition) is 1. The molecule has 0 radical (unpaired) electrons. The van der Waals surface area contributed by atoms with E-state index in [1.165, 1.54) is 14.0 Å². The van der Waals surface area contributed by atoms with E-state index in [0.717, 1.165) is 0 Å². The normalized spacial score (nSPS) is 19.2. The van der Waals surface area contributed by atoms with E-state index in [9.17, 15) is 9.13 Å². The van der Waals surface area contributed by atoms with Gasteiger partial charge in [-0.15, -0.1) is 4.52 Å². The molecule has 0 aromatic carbocycles. The zero-order valence-corrected chi connectivity index (χ0v) is 6.86. The van der Waals surface area contributed by atoms with Gasteiger partial charge >= 0.3 is 13.1 Å². The molecule has 0 aromatic rings. The van der Waals surface area contributed by atoms with Crippen molar-refractivity contribution in [3.05, 3.63) is 0 Å². The third kappa shape index (κ3) is 2.46. The molecule has 0 amide bonds. The Balaban J connectivity index is 4.14. The van der Waals surface area contributed by atoms with E-state index >= 15 is 0 Å². The van der Waals surface area contributed by atoms with Crippen LogP contribution in [-0.4, -0.2) is 17.3 Å². The molecule has 4 nitrogen and oxygen atoms in total. The molecule has 0 aromatic heterocycles. The van der Waals surface area contributed by atoms with E-state index in [2.05, 4.69) is 4.52 Å². The maximum absolute atomic E-state index is 10.5. The lowest BCUT2D eigenvalue weighted by molar-refractivity contribution is 0.210. The molecule has 0 fully saturated rings. The van der Waals surface area contributed by atoms with Crippen LogP contribution >= 0.6 is 16.5 Å². The molecule has 2 unspecified atom stereocenters. The minimum absolute atomic E-state index is 0.587. The fraction of sp³-hybridized carbons (Fsp3) is 1.00. The topological polar surface area (TPSA) is 63.6 Å². The number of hydrogen-bond acceptors (Lipinski definition) is 4. The zero-order chi connectivity index (χ0) is 7.49. The van der Waals surface area contributed by atoms with Crippen molar-refractivity contribution in [2.75, 3.05) is 7.11 Å². The summed E-state index contributed by atoms with van der Waals surface area (Å²) in [5, 5.41) is 7.11. The van der Waals surface area contributed by atoms with Gasteiger partial charge in [-0.05, 0) is 4.57 Å². The molecule has 0 rings (SSSR count). The second-order valence-corrected chi connectivity index (χ2v) is 4.66. The highest BCUT2D eigenvalue weighted by Gasteiger charge is 2.45. The summed E-state index contributed by atoms with van der Waals surface area (Å²) in [5.41, 5.74) is 0. The van der Waals surface area contributed by atoms with Crippen molar-refractivity contribution in [1.29, 1.82) is 0 Å². The van der Waals surface area contributed by atoms with E-state index in [-0.39, 0.29) is 0 Å². The molecule has 0 spiro atoms. The first-order chi connectivity index (χ1) is 4.04. The predicted molar refractivity (Wildman–Crippen MR) is 32.8 cm³/mol. The van der Waals surface area contributed by atoms with Crippen LogP contribution in [0.1, 0.15) is 6.92 Å². The summed E-state index contributed by atoms with van der Waals surface area (Å²) < 4.78 is 24.8. The molecule has 0 aliphatic heterocycles. The van der Waals surface area contributed by atoms with E-state index < -0.39 is 21.6 Å². The Kier molecular flexibility index (Phi) is 3.37. The van der Waals surface area contributed by atoms with Crippen LogP contribution in [-0.2, 0) is 13.7 Å². The van der Waals surface area contributed by atoms with E-state index in [4.69, 9.17) is 5.11 Å². The van der Waals surface area contributed by atoms with Gasteiger partial charge in [0.25, 0.3) is 8.46 Å². The maximum Gasteiger partial charge on any atom is 0.556 e. The van der Waals surface area contributed by atoms with Gasteiger partial charge in [0.2, 0.25) is 0 Å². The van der Waals surface area contributed by atoms with E-state index in [0.29, 0.717) is 0 Å². The molecular formula is C3H7O4P2+. The molecule has 52 valence electrons. The second kappa shape index (κ2) is 3.33. The van der Waals surface area contributed by atoms with Crippen LogP contribution in [0.15, 0.2) is 0 Å². The lowest BCUT2D eigenvalue weighted by Gasteiger charge is -1.95. The van der Waals surface area contributed by atoms with Gasteiger partial charge in [-0.25, -0.2) is 0 Å². The van der Waals surface area contributed by atoms with Crippen LogP contribution in [0.5, 0.6) is 0 Å². The maximum atomic E-state index is 10.5. The van der Waals surface area contributed by atoms with Crippen LogP contribution in [0.2, 0.25) is 0 Å². The van der Waals surface area contributed by atoms with Gasteiger partial charge in [-0.1, -0.05) is 0 Å². The Hall–Kier alpha value is 0.120. The molecule has 0 heterocycles. The van der Waals surface area contributed by atoms with Crippen LogP contribution in [0.3, 0.4) is 0 Å². The first kappa shape index (κ1) is 9.12. The molecule has 1 N–H and O–H groups in total. The van der Waals surface area contributed by atoms with Crippen molar-refractivity contribution in [2.45, 2.75) is 12.0 Å². The quantitative estimate of drug-likeness (QED) is 0.647. The van der Waals surface area contributed by atoms with Gasteiger partial charge < -0.3 is 5.11 Å². The van der Waals surface area contributed by atoms with Crippen LogP contribution < -0.4 is 0 Å². The Morgan fingerprint density at radius 1 is 1.78 bits per heavy atom. The third-order valence-electron chi connectivity index (χ3n) is 0.685. The minimum Gasteiger partial charge on any atom is -0.337 e. The number of rotatable bonds is 3. The average Bonchev–Trinajstić information content (AvgIpc) is 1.86. The third-order valence-corrected chi connectivity index (χ3v) is 2.79. The van der Waals surface area contributed by atoms with Crippen LogP contribution in [0, 0.1) is 0 Å². The van der Waals surface area contributed by atoms with Crippen molar-refractivity contribution < 1.29 is 18.8 Å². The van der Waals surface area contributed by atoms with Gasteiger partial charge in [-0.3, -0.25) is 4.57 Å². The van der Waals surface area contributed by atoms with Crippen molar-refractivity contribution in [2.24, 2.45) is 0 Å². The summed E-state index contributed by atoms with van der Waals surface area (Å²) in [6.45, 7) is 1.17. The zero-order valence-electron chi connectivity index (χ0n) is 5.07. The highest BCUT2D eigenvalue weighted by Crippen LogP contribution is 2.44. The standard InChI is InChI=1S/C3H7O4P2/c1-3(4,8-5)9(6)7-2/h4H,1-2H3/q+1. The van der Waals surface area contributed by atoms with Gasteiger partial charge in [0.1, 0.15) is 0 Å². The fourth-order valence-corrected chi connectivity index (χ4v) is 1.06. The predicted octanol–water partition coefficient (Wildman–Crippen LogP) is 1.33. The van der Waals surface area contributed by atoms with Gasteiger partial charge in [0.15, 0.2) is 0 Å². The summed E-state index contributed by atoms with van der Waals surface area (Å²) in [6, 6.07) is 0. The van der Waals surface area contributed by atoms with Crippen molar-refractivity contribution >= 4 is 16.5 Å². The van der Waals surface area contributed by atoms with Crippen LogP contribution in [0.4, 0.5) is 0 Å². The van der Waals surface area contributed by atoms with Crippen molar-refractivity contribution in [3.63, 3.8) is 0 Å². The largest absolute Gasteiger partial charge is 0.556 e. The summed E-state index contributed by atoms with van der Waals surface area (Å²) >= 11 is 0. The highest BCUT2D eigenvalue weighted by molar-refractivity contribution is 7.54. The Bertz CT molecular complexity index is 132. The summed E-state index contributed by atoms with van der Waals surface area (Å²) in [7, 11) is -1.65. The van der Waals surface area contributed by atoms with Crippen molar-refractivity contribution in [1.82, 2.24) is 0 Å². The molecule has 0 aliphatic rings.